The van der Waals surface area contributed by atoms with E-state index in [0.29, 0.717) is 6.54 Å². The van der Waals surface area contributed by atoms with E-state index >= 15 is 0 Å². The van der Waals surface area contributed by atoms with Crippen molar-refractivity contribution < 1.29 is 13.3 Å². The molecule has 0 aromatic heterocycles. The Balaban J connectivity index is 3.42. The fourth-order valence-electron chi connectivity index (χ4n) is 1.90. The lowest BCUT2D eigenvalue weighted by Crippen LogP contribution is -2.31. The summed E-state index contributed by atoms with van der Waals surface area (Å²) in [4.78, 5) is 10.2. The fourth-order valence-corrected chi connectivity index (χ4v) is 3.41. The molecule has 0 atom stereocenters. The van der Waals surface area contributed by atoms with Crippen molar-refractivity contribution in [2.75, 3.05) is 26.0 Å². The lowest BCUT2D eigenvalue weighted by Gasteiger charge is -2.19. The number of para-hydroxylation sites is 1. The zero-order valence-corrected chi connectivity index (χ0v) is 12.8. The van der Waals surface area contributed by atoms with Crippen LogP contribution in [0, 0.1) is 16.0 Å². The van der Waals surface area contributed by atoms with Crippen LogP contribution in [0.1, 0.15) is 13.8 Å². The Hall–Kier alpha value is -1.67. The molecule has 0 aliphatic carbocycles. The minimum atomic E-state index is -3.89. The predicted molar refractivity (Wildman–Crippen MR) is 77.3 cm³/mol. The molecule has 0 unspecified atom stereocenters. The zero-order chi connectivity index (χ0) is 15.5. The van der Waals surface area contributed by atoms with Crippen LogP contribution in [0.3, 0.4) is 0 Å². The molecule has 0 amide bonds. The number of nitro groups is 1. The minimum absolute atomic E-state index is 0.126. The van der Waals surface area contributed by atoms with E-state index in [1.807, 2.05) is 13.8 Å². The average Bonchev–Trinajstić information content (AvgIpc) is 2.36. The van der Waals surface area contributed by atoms with E-state index in [1.54, 1.807) is 0 Å². The molecule has 20 heavy (non-hydrogen) atoms. The Bertz CT molecular complexity index is 599. The molecule has 0 aliphatic heterocycles. The Morgan fingerprint density at radius 2 is 2.00 bits per heavy atom. The maximum absolute atomic E-state index is 12.5. The summed E-state index contributed by atoms with van der Waals surface area (Å²) >= 11 is 0. The number of sulfonamides is 1. The van der Waals surface area contributed by atoms with E-state index in [1.165, 1.54) is 32.3 Å². The second-order valence-electron chi connectivity index (χ2n) is 4.84. The molecule has 1 N–H and O–H groups in total. The first kappa shape index (κ1) is 16.4. The first-order valence-corrected chi connectivity index (χ1v) is 7.57. The Morgan fingerprint density at radius 1 is 1.40 bits per heavy atom. The van der Waals surface area contributed by atoms with Crippen molar-refractivity contribution in [3.63, 3.8) is 0 Å². The molecule has 1 rings (SSSR count). The topological polar surface area (TPSA) is 92.6 Å². The summed E-state index contributed by atoms with van der Waals surface area (Å²) < 4.78 is 26.0. The third kappa shape index (κ3) is 3.26. The van der Waals surface area contributed by atoms with Crippen molar-refractivity contribution in [1.29, 1.82) is 0 Å². The van der Waals surface area contributed by atoms with E-state index in [0.717, 1.165) is 4.31 Å². The van der Waals surface area contributed by atoms with Crippen LogP contribution < -0.4 is 5.32 Å². The Kier molecular flexibility index (Phi) is 5.07. The number of rotatable bonds is 6. The van der Waals surface area contributed by atoms with Crippen LogP contribution in [0.25, 0.3) is 0 Å². The van der Waals surface area contributed by atoms with E-state index in [9.17, 15) is 18.5 Å². The number of nitrogens with zero attached hydrogens (tertiary/aromatic N) is 2. The lowest BCUT2D eigenvalue weighted by molar-refractivity contribution is -0.386. The molecule has 8 heteroatoms. The number of hydrogen-bond acceptors (Lipinski definition) is 5. The van der Waals surface area contributed by atoms with Crippen molar-refractivity contribution in [1.82, 2.24) is 4.31 Å². The predicted octanol–water partition coefficient (Wildman–Crippen LogP) is 1.91. The van der Waals surface area contributed by atoms with Crippen LogP contribution in [-0.2, 0) is 10.0 Å². The quantitative estimate of drug-likeness (QED) is 0.640. The molecule has 112 valence electrons. The normalized spacial score (nSPS) is 11.9. The Labute approximate surface area is 118 Å². The highest BCUT2D eigenvalue weighted by Crippen LogP contribution is 2.33. The second-order valence-corrected chi connectivity index (χ2v) is 6.85. The highest BCUT2D eigenvalue weighted by atomic mass is 32.2. The molecule has 1 aromatic carbocycles. The molecule has 0 fully saturated rings. The van der Waals surface area contributed by atoms with Crippen molar-refractivity contribution in [2.45, 2.75) is 18.7 Å². The van der Waals surface area contributed by atoms with Gasteiger partial charge in [-0.3, -0.25) is 10.1 Å². The van der Waals surface area contributed by atoms with Gasteiger partial charge in [-0.1, -0.05) is 19.9 Å². The summed E-state index contributed by atoms with van der Waals surface area (Å²) in [6.45, 7) is 4.05. The molecule has 0 spiro atoms. The fraction of sp³-hybridized carbons (Fsp3) is 0.500. The summed E-state index contributed by atoms with van der Waals surface area (Å²) in [6.07, 6.45) is 0. The van der Waals surface area contributed by atoms with Crippen LogP contribution >= 0.6 is 0 Å². The first-order valence-electron chi connectivity index (χ1n) is 6.13. The van der Waals surface area contributed by atoms with Crippen molar-refractivity contribution in [3.8, 4) is 0 Å². The molecule has 0 saturated heterocycles. The third-order valence-electron chi connectivity index (χ3n) is 2.76. The molecule has 1 aromatic rings. The summed E-state index contributed by atoms with van der Waals surface area (Å²) in [6, 6.07) is 4.21. The van der Waals surface area contributed by atoms with Crippen LogP contribution in [0.4, 0.5) is 11.4 Å². The number of nitro benzene ring substituents is 1. The van der Waals surface area contributed by atoms with Crippen molar-refractivity contribution in [2.24, 2.45) is 5.92 Å². The van der Waals surface area contributed by atoms with Crippen LogP contribution in [-0.4, -0.2) is 38.3 Å². The molecule has 0 heterocycles. The molecule has 0 bridgehead atoms. The van der Waals surface area contributed by atoms with Gasteiger partial charge in [0.1, 0.15) is 5.69 Å². The summed E-state index contributed by atoms with van der Waals surface area (Å²) in [5.41, 5.74) is -0.250. The summed E-state index contributed by atoms with van der Waals surface area (Å²) in [7, 11) is -0.958. The molecular weight excluding hydrogens is 282 g/mol. The average molecular weight is 301 g/mol. The van der Waals surface area contributed by atoms with E-state index in [2.05, 4.69) is 5.32 Å². The van der Waals surface area contributed by atoms with Crippen LogP contribution in [0.2, 0.25) is 0 Å². The van der Waals surface area contributed by atoms with E-state index in [-0.39, 0.29) is 16.5 Å². The lowest BCUT2D eigenvalue weighted by atomic mass is 10.2. The van der Waals surface area contributed by atoms with Gasteiger partial charge in [0.05, 0.1) is 4.92 Å². The number of benzene rings is 1. The van der Waals surface area contributed by atoms with Crippen molar-refractivity contribution in [3.05, 3.63) is 28.3 Å². The van der Waals surface area contributed by atoms with Gasteiger partial charge in [0.15, 0.2) is 4.90 Å². The van der Waals surface area contributed by atoms with Gasteiger partial charge in [-0.25, -0.2) is 12.7 Å². The Morgan fingerprint density at radius 3 is 2.45 bits per heavy atom. The summed E-state index contributed by atoms with van der Waals surface area (Å²) in [5.74, 6) is 0.126. The number of nitrogens with one attached hydrogen (secondary N) is 1. The van der Waals surface area contributed by atoms with E-state index < -0.39 is 20.6 Å². The van der Waals surface area contributed by atoms with Crippen LogP contribution in [0.5, 0.6) is 0 Å². The first-order chi connectivity index (χ1) is 9.21. The van der Waals surface area contributed by atoms with Crippen molar-refractivity contribution >= 4 is 21.4 Å². The van der Waals surface area contributed by atoms with Gasteiger partial charge in [-0.15, -0.1) is 0 Å². The van der Waals surface area contributed by atoms with Gasteiger partial charge >= 0.3 is 5.69 Å². The molecule has 7 nitrogen and oxygen atoms in total. The van der Waals surface area contributed by atoms with Gasteiger partial charge in [0.2, 0.25) is 10.0 Å². The van der Waals surface area contributed by atoms with Gasteiger partial charge in [-0.2, -0.15) is 0 Å². The monoisotopic (exact) mass is 301 g/mol. The van der Waals surface area contributed by atoms with Gasteiger partial charge in [0.25, 0.3) is 0 Å². The zero-order valence-electron chi connectivity index (χ0n) is 12.0. The maximum atomic E-state index is 12.5. The maximum Gasteiger partial charge on any atom is 0.312 e. The largest absolute Gasteiger partial charge is 0.383 e. The van der Waals surface area contributed by atoms with Gasteiger partial charge < -0.3 is 5.32 Å². The molecule has 0 radical (unpaired) electrons. The van der Waals surface area contributed by atoms with Gasteiger partial charge in [-0.05, 0) is 18.1 Å². The third-order valence-corrected chi connectivity index (χ3v) is 4.62. The molecule has 0 saturated carbocycles. The second kappa shape index (κ2) is 6.19. The minimum Gasteiger partial charge on any atom is -0.383 e. The SMILES string of the molecule is CNc1cccc(S(=O)(=O)N(C)CC(C)C)c1[N+](=O)[O-]. The highest BCUT2D eigenvalue weighted by Gasteiger charge is 2.31. The molecular formula is C12H19N3O4S. The van der Waals surface area contributed by atoms with E-state index in [4.69, 9.17) is 0 Å². The highest BCUT2D eigenvalue weighted by molar-refractivity contribution is 7.89. The molecule has 0 aliphatic rings. The smallest absolute Gasteiger partial charge is 0.312 e. The van der Waals surface area contributed by atoms with Gasteiger partial charge in [0, 0.05) is 20.6 Å². The summed E-state index contributed by atoms with van der Waals surface area (Å²) in [5, 5.41) is 13.8. The number of anilines is 1. The standard InChI is InChI=1S/C12H19N3O4S/c1-9(2)8-14(4)20(18,19)11-7-5-6-10(13-3)12(11)15(16)17/h5-7,9,13H,8H2,1-4H3. The number of hydrogen-bond donors (Lipinski definition) is 1. The van der Waals surface area contributed by atoms with Crippen LogP contribution in [0.15, 0.2) is 23.1 Å².